The van der Waals surface area contributed by atoms with Gasteiger partial charge in [0.15, 0.2) is 5.41 Å². The van der Waals surface area contributed by atoms with E-state index in [-0.39, 0.29) is 5.92 Å². The van der Waals surface area contributed by atoms with Crippen molar-refractivity contribution >= 4 is 27.1 Å². The lowest BCUT2D eigenvalue weighted by atomic mass is 9.72. The van der Waals surface area contributed by atoms with E-state index < -0.39 is 5.41 Å². The Morgan fingerprint density at radius 3 is 2.26 bits per heavy atom. The van der Waals surface area contributed by atoms with Crippen LogP contribution in [0.5, 0.6) is 0 Å². The highest BCUT2D eigenvalue weighted by atomic mass is 79.9. The molecule has 1 atom stereocenters. The summed E-state index contributed by atoms with van der Waals surface area (Å²) in [5.41, 5.74) is 3.49. The first-order valence-corrected chi connectivity index (χ1v) is 9.43. The fourth-order valence-corrected chi connectivity index (χ4v) is 3.97. The molecule has 0 saturated heterocycles. The first-order valence-electron chi connectivity index (χ1n) is 8.64. The van der Waals surface area contributed by atoms with Crippen LogP contribution in [0.1, 0.15) is 11.1 Å². The van der Waals surface area contributed by atoms with Crippen molar-refractivity contribution in [2.75, 3.05) is 0 Å². The van der Waals surface area contributed by atoms with E-state index in [2.05, 4.69) is 34.1 Å². The van der Waals surface area contributed by atoms with Crippen LogP contribution in [-0.4, -0.2) is 0 Å². The van der Waals surface area contributed by atoms with Gasteiger partial charge >= 0.3 is 0 Å². The molecule has 1 unspecified atom stereocenters. The summed E-state index contributed by atoms with van der Waals surface area (Å²) in [5.74, 6) is -0.309. The molecule has 0 N–H and O–H groups in total. The van der Waals surface area contributed by atoms with Crippen LogP contribution in [0.4, 0.5) is 0 Å². The monoisotopic (exact) mass is 410 g/mol. The molecule has 2 aliphatic carbocycles. The van der Waals surface area contributed by atoms with Gasteiger partial charge in [0.1, 0.15) is 0 Å². The molecule has 2 aliphatic rings. The first kappa shape index (κ1) is 17.3. The second-order valence-electron chi connectivity index (χ2n) is 6.59. The molecule has 0 amide bonds. The molecule has 2 nitrogen and oxygen atoms in total. The molecule has 0 bridgehead atoms. The highest BCUT2D eigenvalue weighted by Gasteiger charge is 2.48. The number of nitrogens with zero attached hydrogens (tertiary/aromatic N) is 2. The number of rotatable bonds is 2. The molecule has 3 heteroatoms. The van der Waals surface area contributed by atoms with E-state index in [4.69, 9.17) is 0 Å². The fourth-order valence-electron chi connectivity index (χ4n) is 3.71. The molecule has 0 radical (unpaired) electrons. The van der Waals surface area contributed by atoms with Crippen LogP contribution in [0.25, 0.3) is 11.1 Å². The maximum atomic E-state index is 10.1. The number of halogens is 1. The lowest BCUT2D eigenvalue weighted by molar-refractivity contribution is 0.579. The van der Waals surface area contributed by atoms with Gasteiger partial charge in [0.05, 0.1) is 12.1 Å². The maximum Gasteiger partial charge on any atom is 0.179 e. The van der Waals surface area contributed by atoms with Gasteiger partial charge in [0, 0.05) is 10.4 Å². The normalized spacial score (nSPS) is 19.7. The maximum absolute atomic E-state index is 10.1. The van der Waals surface area contributed by atoms with Crippen molar-refractivity contribution in [1.29, 1.82) is 10.5 Å². The molecule has 0 heterocycles. The van der Waals surface area contributed by atoms with E-state index in [0.29, 0.717) is 0 Å². The summed E-state index contributed by atoms with van der Waals surface area (Å²) in [6.07, 6.45) is 10.1. The summed E-state index contributed by atoms with van der Waals surface area (Å²) in [7, 11) is 0. The lowest BCUT2D eigenvalue weighted by Crippen LogP contribution is -2.24. The zero-order chi connectivity index (χ0) is 18.9. The number of fused-ring (bicyclic) bond motifs is 1. The van der Waals surface area contributed by atoms with Crippen molar-refractivity contribution in [3.05, 3.63) is 106 Å². The Morgan fingerprint density at radius 2 is 1.59 bits per heavy atom. The minimum atomic E-state index is -1.24. The summed E-state index contributed by atoms with van der Waals surface area (Å²) in [4.78, 5) is 0. The van der Waals surface area contributed by atoms with E-state index in [0.717, 1.165) is 32.3 Å². The molecule has 128 valence electrons. The van der Waals surface area contributed by atoms with Crippen LogP contribution in [0.2, 0.25) is 0 Å². The minimum absolute atomic E-state index is 0.309. The number of hydrogen-bond donors (Lipinski definition) is 0. The van der Waals surface area contributed by atoms with Crippen molar-refractivity contribution < 1.29 is 0 Å². The van der Waals surface area contributed by atoms with Gasteiger partial charge in [-0.15, -0.1) is 0 Å². The predicted octanol–water partition coefficient (Wildman–Crippen LogP) is 6.08. The smallest absolute Gasteiger partial charge is 0.179 e. The third-order valence-electron chi connectivity index (χ3n) is 5.09. The Hall–Kier alpha value is -3.14. The molecule has 0 aromatic heterocycles. The Morgan fingerprint density at radius 1 is 0.889 bits per heavy atom. The number of nitriles is 2. The van der Waals surface area contributed by atoms with E-state index in [1.165, 1.54) is 0 Å². The van der Waals surface area contributed by atoms with Gasteiger partial charge in [-0.05, 0) is 40.0 Å². The fraction of sp³-hybridized carbons (Fsp3) is 0.0833. The van der Waals surface area contributed by atoms with Crippen LogP contribution in [-0.2, 0) is 0 Å². The summed E-state index contributed by atoms with van der Waals surface area (Å²) in [6.45, 7) is 0. The highest BCUT2D eigenvalue weighted by molar-refractivity contribution is 9.10. The standard InChI is InChI=1S/C24H15BrN2/c25-21-11-9-18(10-12-21)22-14-20-8-4-7-19(17-5-2-1-3-6-17)13-23(20)24(22,15-26)16-27/h1-14,23H. The van der Waals surface area contributed by atoms with Gasteiger partial charge in [-0.3, -0.25) is 0 Å². The third-order valence-corrected chi connectivity index (χ3v) is 5.62. The number of allylic oxidation sites excluding steroid dienone is 8. The van der Waals surface area contributed by atoms with Crippen LogP contribution in [0.15, 0.2) is 95.0 Å². The first-order chi connectivity index (χ1) is 13.2. The average Bonchev–Trinajstić information content (AvgIpc) is 2.86. The predicted molar refractivity (Wildman–Crippen MR) is 111 cm³/mol. The second kappa shape index (κ2) is 6.88. The molecular weight excluding hydrogens is 396 g/mol. The average molecular weight is 411 g/mol. The Balaban J connectivity index is 1.87. The van der Waals surface area contributed by atoms with E-state index in [1.807, 2.05) is 78.9 Å². The van der Waals surface area contributed by atoms with Crippen molar-refractivity contribution in [3.63, 3.8) is 0 Å². The van der Waals surface area contributed by atoms with E-state index in [1.54, 1.807) is 0 Å². The van der Waals surface area contributed by atoms with Crippen molar-refractivity contribution in [1.82, 2.24) is 0 Å². The zero-order valence-corrected chi connectivity index (χ0v) is 16.0. The highest BCUT2D eigenvalue weighted by Crippen LogP contribution is 2.52. The molecule has 27 heavy (non-hydrogen) atoms. The summed E-state index contributed by atoms with van der Waals surface area (Å²) in [6, 6.07) is 22.5. The molecule has 0 saturated carbocycles. The van der Waals surface area contributed by atoms with Gasteiger partial charge in [-0.2, -0.15) is 10.5 Å². The second-order valence-corrected chi connectivity index (χ2v) is 7.50. The van der Waals surface area contributed by atoms with Crippen LogP contribution >= 0.6 is 15.9 Å². The summed E-state index contributed by atoms with van der Waals surface area (Å²) < 4.78 is 0.965. The van der Waals surface area contributed by atoms with Crippen LogP contribution in [0.3, 0.4) is 0 Å². The van der Waals surface area contributed by atoms with Gasteiger partial charge < -0.3 is 0 Å². The van der Waals surface area contributed by atoms with Gasteiger partial charge in [-0.25, -0.2) is 0 Å². The molecule has 0 fully saturated rings. The SMILES string of the molecule is N#CC1(C#N)C(c2ccc(Br)cc2)=CC2=CC=CC(c3ccccc3)=CC21. The van der Waals surface area contributed by atoms with Crippen molar-refractivity contribution in [3.8, 4) is 12.1 Å². The third kappa shape index (κ3) is 2.87. The molecule has 0 spiro atoms. The molecular formula is C24H15BrN2. The summed E-state index contributed by atoms with van der Waals surface area (Å²) >= 11 is 3.44. The van der Waals surface area contributed by atoms with E-state index in [9.17, 15) is 10.5 Å². The minimum Gasteiger partial charge on any atom is -0.196 e. The van der Waals surface area contributed by atoms with Crippen molar-refractivity contribution in [2.45, 2.75) is 0 Å². The Bertz CT molecular complexity index is 1070. The quantitative estimate of drug-likeness (QED) is 0.602. The van der Waals surface area contributed by atoms with Gasteiger partial charge in [0.25, 0.3) is 0 Å². The summed E-state index contributed by atoms with van der Waals surface area (Å²) in [5, 5.41) is 20.2. The largest absolute Gasteiger partial charge is 0.196 e. The molecule has 4 rings (SSSR count). The Labute approximate surface area is 167 Å². The van der Waals surface area contributed by atoms with Crippen LogP contribution < -0.4 is 0 Å². The Kier molecular flexibility index (Phi) is 4.40. The topological polar surface area (TPSA) is 47.6 Å². The molecule has 2 aromatic rings. The lowest BCUT2D eigenvalue weighted by Gasteiger charge is -2.24. The van der Waals surface area contributed by atoms with Gasteiger partial charge in [-0.1, -0.05) is 88.8 Å². The van der Waals surface area contributed by atoms with Crippen LogP contribution in [0, 0.1) is 34.0 Å². The van der Waals surface area contributed by atoms with Gasteiger partial charge in [0.2, 0.25) is 0 Å². The van der Waals surface area contributed by atoms with Crippen molar-refractivity contribution in [2.24, 2.45) is 11.3 Å². The number of benzene rings is 2. The molecule has 0 aliphatic heterocycles. The van der Waals surface area contributed by atoms with E-state index >= 15 is 0 Å². The number of hydrogen-bond acceptors (Lipinski definition) is 2. The zero-order valence-electron chi connectivity index (χ0n) is 14.4. The molecule has 2 aromatic carbocycles.